The van der Waals surface area contributed by atoms with Crippen molar-refractivity contribution >= 4 is 29.0 Å². The first-order valence-corrected chi connectivity index (χ1v) is 11.5. The summed E-state index contributed by atoms with van der Waals surface area (Å²) in [6.45, 7) is 2.21. The molecule has 2 aromatic carbocycles. The van der Waals surface area contributed by atoms with Gasteiger partial charge in [0.05, 0.1) is 15.7 Å². The van der Waals surface area contributed by atoms with E-state index in [2.05, 4.69) is 43.3 Å². The van der Waals surface area contributed by atoms with Gasteiger partial charge < -0.3 is 0 Å². The molecule has 6 radical (unpaired) electrons. The van der Waals surface area contributed by atoms with E-state index in [1.54, 1.807) is 0 Å². The number of fused-ring (bicyclic) bond motifs is 3. The highest BCUT2D eigenvalue weighted by atomic mass is 14.4. The minimum Gasteiger partial charge on any atom is -0.0963 e. The monoisotopic (exact) mass is 378 g/mol. The zero-order valence-electron chi connectivity index (χ0n) is 18.2. The Balaban J connectivity index is 1.93. The van der Waals surface area contributed by atoms with E-state index < -0.39 is 0 Å². The Bertz CT molecular complexity index is 729. The van der Waals surface area contributed by atoms with Gasteiger partial charge in [0, 0.05) is 5.41 Å². The van der Waals surface area contributed by atoms with E-state index in [0.29, 0.717) is 0 Å². The molecule has 0 unspecified atom stereocenters. The molecule has 0 amide bonds. The van der Waals surface area contributed by atoms with Gasteiger partial charge in [-0.25, -0.2) is 0 Å². The lowest BCUT2D eigenvalue weighted by atomic mass is 9.69. The molecule has 0 nitrogen and oxygen atoms in total. The molecule has 0 saturated heterocycles. The van der Waals surface area contributed by atoms with Gasteiger partial charge in [-0.05, 0) is 42.0 Å². The second-order valence-electron chi connectivity index (χ2n) is 8.84. The summed E-state index contributed by atoms with van der Waals surface area (Å²) in [7, 11) is 17.7. The zero-order chi connectivity index (χ0) is 20.7. The molecule has 1 aliphatic rings. The maximum atomic E-state index is 6.28. The van der Waals surface area contributed by atoms with Crippen molar-refractivity contribution in [2.45, 2.75) is 89.2 Å². The average Bonchev–Trinajstić information content (AvgIpc) is 2.96. The van der Waals surface area contributed by atoms with Crippen LogP contribution >= 0.6 is 0 Å². The fraction of sp³-hybridized carbons (Fsp3) is 0.538. The summed E-state index contributed by atoms with van der Waals surface area (Å²) in [5.74, 6) is 0. The standard InChI is InChI=1S/C26H33B3/c1-20-10-12-22-23-13-11-21(29)19-25(23)26(24(22)18-20,14-6-2-4-8-16-27)15-7-3-5-9-17-28/h10-13,18-19H,2-9,14-17H2,1H3. The van der Waals surface area contributed by atoms with Crippen LogP contribution in [0.15, 0.2) is 36.4 Å². The predicted molar refractivity (Wildman–Crippen MR) is 130 cm³/mol. The Hall–Kier alpha value is -1.37. The van der Waals surface area contributed by atoms with E-state index in [1.807, 2.05) is 0 Å². The highest BCUT2D eigenvalue weighted by Crippen LogP contribution is 2.54. The van der Waals surface area contributed by atoms with Crippen LogP contribution in [0.3, 0.4) is 0 Å². The summed E-state index contributed by atoms with van der Waals surface area (Å²) < 4.78 is 0. The molecule has 29 heavy (non-hydrogen) atoms. The molecule has 0 spiro atoms. The van der Waals surface area contributed by atoms with E-state index in [0.717, 1.165) is 30.9 Å². The Morgan fingerprint density at radius 3 is 1.76 bits per heavy atom. The molecule has 1 aliphatic carbocycles. The molecule has 0 fully saturated rings. The fourth-order valence-electron chi connectivity index (χ4n) is 5.14. The van der Waals surface area contributed by atoms with Crippen LogP contribution in [0.2, 0.25) is 12.6 Å². The van der Waals surface area contributed by atoms with Crippen LogP contribution in [-0.2, 0) is 5.41 Å². The average molecular weight is 378 g/mol. The highest BCUT2D eigenvalue weighted by molar-refractivity contribution is 6.32. The zero-order valence-corrected chi connectivity index (χ0v) is 18.2. The summed E-state index contributed by atoms with van der Waals surface area (Å²) >= 11 is 0. The van der Waals surface area contributed by atoms with Crippen LogP contribution in [0.25, 0.3) is 11.1 Å². The van der Waals surface area contributed by atoms with E-state index in [4.69, 9.17) is 23.5 Å². The maximum absolute atomic E-state index is 6.28. The van der Waals surface area contributed by atoms with Crippen molar-refractivity contribution in [2.75, 3.05) is 0 Å². The van der Waals surface area contributed by atoms with Crippen molar-refractivity contribution < 1.29 is 0 Å². The molecule has 3 heteroatoms. The van der Waals surface area contributed by atoms with E-state index in [1.165, 1.54) is 79.2 Å². The quantitative estimate of drug-likeness (QED) is 0.308. The minimum absolute atomic E-state index is 0.0947. The Labute approximate surface area is 182 Å². The summed E-state index contributed by atoms with van der Waals surface area (Å²) in [5, 5.41) is 0. The Morgan fingerprint density at radius 2 is 1.17 bits per heavy atom. The smallest absolute Gasteiger partial charge is 0.0963 e. The molecule has 146 valence electrons. The summed E-state index contributed by atoms with van der Waals surface area (Å²) in [6, 6.07) is 13.6. The predicted octanol–water partition coefficient (Wildman–Crippen LogP) is 6.13. The number of aryl methyl sites for hydroxylation is 1. The molecule has 3 rings (SSSR count). The second-order valence-corrected chi connectivity index (χ2v) is 8.84. The SMILES string of the molecule is [B]CCCCCCC1(CCCCCC[B])c2cc([B])ccc2-c2ccc(C)cc21. The van der Waals surface area contributed by atoms with Gasteiger partial charge in [0.25, 0.3) is 0 Å². The molecular formula is C26H33B3. The number of hydrogen-bond acceptors (Lipinski definition) is 0. The fourth-order valence-corrected chi connectivity index (χ4v) is 5.14. The van der Waals surface area contributed by atoms with Crippen molar-refractivity contribution in [1.82, 2.24) is 0 Å². The Morgan fingerprint density at radius 1 is 0.655 bits per heavy atom. The third-order valence-electron chi connectivity index (χ3n) is 6.66. The molecule has 0 aliphatic heterocycles. The molecule has 2 aromatic rings. The number of unbranched alkanes of at least 4 members (excludes halogenated alkanes) is 6. The molecule has 0 aromatic heterocycles. The second kappa shape index (κ2) is 10.6. The van der Waals surface area contributed by atoms with Crippen molar-refractivity contribution in [3.05, 3.63) is 53.1 Å². The topological polar surface area (TPSA) is 0 Å². The number of rotatable bonds is 12. The van der Waals surface area contributed by atoms with Gasteiger partial charge >= 0.3 is 0 Å². The highest BCUT2D eigenvalue weighted by Gasteiger charge is 2.42. The number of hydrogen-bond donors (Lipinski definition) is 0. The first-order valence-electron chi connectivity index (χ1n) is 11.5. The summed E-state index contributed by atoms with van der Waals surface area (Å²) in [4.78, 5) is 0. The normalized spacial score (nSPS) is 14.0. The maximum Gasteiger partial charge on any atom is 0.113 e. The largest absolute Gasteiger partial charge is 0.113 e. The van der Waals surface area contributed by atoms with E-state index in [9.17, 15) is 0 Å². The van der Waals surface area contributed by atoms with Crippen molar-refractivity contribution in [3.63, 3.8) is 0 Å². The van der Waals surface area contributed by atoms with Gasteiger partial charge in [0.1, 0.15) is 7.85 Å². The molecule has 0 atom stereocenters. The third kappa shape index (κ3) is 5.04. The van der Waals surface area contributed by atoms with Crippen LogP contribution in [0.1, 0.15) is 80.9 Å². The van der Waals surface area contributed by atoms with Crippen molar-refractivity contribution in [1.29, 1.82) is 0 Å². The van der Waals surface area contributed by atoms with E-state index in [-0.39, 0.29) is 5.41 Å². The van der Waals surface area contributed by atoms with Gasteiger partial charge in [-0.1, -0.05) is 111 Å². The summed E-state index contributed by atoms with van der Waals surface area (Å²) in [5.41, 5.74) is 8.10. The van der Waals surface area contributed by atoms with Crippen LogP contribution < -0.4 is 5.46 Å². The van der Waals surface area contributed by atoms with Gasteiger partial charge in [0.2, 0.25) is 0 Å². The third-order valence-corrected chi connectivity index (χ3v) is 6.66. The van der Waals surface area contributed by atoms with Crippen LogP contribution in [0.5, 0.6) is 0 Å². The van der Waals surface area contributed by atoms with E-state index >= 15 is 0 Å². The van der Waals surface area contributed by atoms with Crippen LogP contribution in [-0.4, -0.2) is 23.5 Å². The van der Waals surface area contributed by atoms with Gasteiger partial charge in [-0.2, -0.15) is 0 Å². The molecule has 0 saturated carbocycles. The number of benzene rings is 2. The molecule has 0 bridgehead atoms. The van der Waals surface area contributed by atoms with Crippen molar-refractivity contribution in [3.8, 4) is 11.1 Å². The Kier molecular flexibility index (Phi) is 8.16. The lowest BCUT2D eigenvalue weighted by molar-refractivity contribution is 0.401. The van der Waals surface area contributed by atoms with Gasteiger partial charge in [0.15, 0.2) is 0 Å². The first-order chi connectivity index (χ1) is 14.1. The lowest BCUT2D eigenvalue weighted by Gasteiger charge is -2.33. The molecule has 0 N–H and O–H groups in total. The minimum atomic E-state index is 0.0947. The van der Waals surface area contributed by atoms with Gasteiger partial charge in [-0.15, -0.1) is 0 Å². The molecule has 0 heterocycles. The van der Waals surface area contributed by atoms with Crippen LogP contribution in [0, 0.1) is 6.92 Å². The lowest BCUT2D eigenvalue weighted by Crippen LogP contribution is -2.26. The first kappa shape index (κ1) is 22.3. The summed E-state index contributed by atoms with van der Waals surface area (Å²) in [6.07, 6.45) is 13.7. The van der Waals surface area contributed by atoms with Gasteiger partial charge in [-0.3, -0.25) is 0 Å². The van der Waals surface area contributed by atoms with Crippen molar-refractivity contribution in [2.24, 2.45) is 0 Å². The molecular weight excluding hydrogens is 345 g/mol. The van der Waals surface area contributed by atoms with Crippen LogP contribution in [0.4, 0.5) is 0 Å².